The van der Waals surface area contributed by atoms with Crippen molar-refractivity contribution >= 4 is 0 Å². The van der Waals surface area contributed by atoms with Crippen LogP contribution in [0.4, 0.5) is 0 Å². The summed E-state index contributed by atoms with van der Waals surface area (Å²) >= 11 is 0. The minimum absolute atomic E-state index is 0.170. The van der Waals surface area contributed by atoms with Gasteiger partial charge in [0.15, 0.2) is 0 Å². The number of hydrogen-bond donors (Lipinski definition) is 2. The van der Waals surface area contributed by atoms with Gasteiger partial charge in [-0.3, -0.25) is 0 Å². The molecule has 0 fully saturated rings. The highest BCUT2D eigenvalue weighted by Crippen LogP contribution is 2.01. The molecule has 58 valence electrons. The SMILES string of the molecule is NC1CC=CCOC[C@H]1O. The molecule has 1 aliphatic rings. The lowest BCUT2D eigenvalue weighted by atomic mass is 10.1. The first-order chi connectivity index (χ1) is 4.80. The van der Waals surface area contributed by atoms with Crippen molar-refractivity contribution in [2.24, 2.45) is 5.73 Å². The van der Waals surface area contributed by atoms with Gasteiger partial charge in [0.05, 0.1) is 19.3 Å². The van der Waals surface area contributed by atoms with Crippen molar-refractivity contribution in [3.63, 3.8) is 0 Å². The summed E-state index contributed by atoms with van der Waals surface area (Å²) in [5.74, 6) is 0. The Morgan fingerprint density at radius 2 is 2.30 bits per heavy atom. The van der Waals surface area contributed by atoms with E-state index >= 15 is 0 Å². The Labute approximate surface area is 60.5 Å². The van der Waals surface area contributed by atoms with Gasteiger partial charge in [-0.2, -0.15) is 0 Å². The Morgan fingerprint density at radius 3 is 3.10 bits per heavy atom. The molecule has 0 saturated carbocycles. The molecule has 0 bridgehead atoms. The fraction of sp³-hybridized carbons (Fsp3) is 0.714. The lowest BCUT2D eigenvalue weighted by molar-refractivity contribution is 0.0320. The number of aliphatic hydroxyl groups excluding tert-OH is 1. The molecule has 1 aliphatic heterocycles. The predicted molar refractivity (Wildman–Crippen MR) is 38.6 cm³/mol. The third-order valence-corrected chi connectivity index (χ3v) is 1.57. The van der Waals surface area contributed by atoms with Crippen LogP contribution in [-0.4, -0.2) is 30.5 Å². The van der Waals surface area contributed by atoms with Crippen molar-refractivity contribution in [3.8, 4) is 0 Å². The molecule has 1 heterocycles. The summed E-state index contributed by atoms with van der Waals surface area (Å²) < 4.78 is 5.04. The second-order valence-electron chi connectivity index (χ2n) is 2.48. The topological polar surface area (TPSA) is 55.5 Å². The Morgan fingerprint density at radius 1 is 1.50 bits per heavy atom. The van der Waals surface area contributed by atoms with Crippen molar-refractivity contribution < 1.29 is 9.84 Å². The molecule has 0 spiro atoms. The molecule has 3 nitrogen and oxygen atoms in total. The molecule has 0 aliphatic carbocycles. The van der Waals surface area contributed by atoms with E-state index in [9.17, 15) is 5.11 Å². The quantitative estimate of drug-likeness (QED) is 0.456. The molecule has 0 aromatic rings. The molecule has 1 rings (SSSR count). The van der Waals surface area contributed by atoms with Gasteiger partial charge in [-0.05, 0) is 6.42 Å². The molecule has 0 radical (unpaired) electrons. The smallest absolute Gasteiger partial charge is 0.0927 e. The Balaban J connectivity index is 2.41. The first-order valence-electron chi connectivity index (χ1n) is 3.47. The molecule has 0 aromatic carbocycles. The van der Waals surface area contributed by atoms with Crippen LogP contribution in [0.5, 0.6) is 0 Å². The zero-order valence-corrected chi connectivity index (χ0v) is 5.86. The average molecular weight is 143 g/mol. The van der Waals surface area contributed by atoms with E-state index in [2.05, 4.69) is 0 Å². The van der Waals surface area contributed by atoms with E-state index in [1.807, 2.05) is 12.2 Å². The molecular weight excluding hydrogens is 130 g/mol. The third kappa shape index (κ3) is 2.10. The van der Waals surface area contributed by atoms with E-state index in [0.717, 1.165) is 6.42 Å². The first-order valence-corrected chi connectivity index (χ1v) is 3.47. The van der Waals surface area contributed by atoms with E-state index in [4.69, 9.17) is 10.5 Å². The number of nitrogens with two attached hydrogens (primary N) is 1. The summed E-state index contributed by atoms with van der Waals surface area (Å²) in [5, 5.41) is 9.20. The Bertz CT molecular complexity index is 125. The van der Waals surface area contributed by atoms with Crippen molar-refractivity contribution in [1.29, 1.82) is 0 Å². The van der Waals surface area contributed by atoms with E-state index in [0.29, 0.717) is 13.2 Å². The number of rotatable bonds is 0. The fourth-order valence-electron chi connectivity index (χ4n) is 0.859. The van der Waals surface area contributed by atoms with Gasteiger partial charge in [-0.25, -0.2) is 0 Å². The van der Waals surface area contributed by atoms with Crippen molar-refractivity contribution in [1.82, 2.24) is 0 Å². The van der Waals surface area contributed by atoms with Crippen molar-refractivity contribution in [3.05, 3.63) is 12.2 Å². The van der Waals surface area contributed by atoms with Gasteiger partial charge in [0.1, 0.15) is 0 Å². The highest BCUT2D eigenvalue weighted by molar-refractivity contribution is 4.89. The second kappa shape index (κ2) is 3.71. The van der Waals surface area contributed by atoms with Crippen LogP contribution in [0.2, 0.25) is 0 Å². The number of hydrogen-bond acceptors (Lipinski definition) is 3. The molecule has 3 N–H and O–H groups in total. The summed E-state index contributed by atoms with van der Waals surface area (Å²) in [6.45, 7) is 0.940. The minimum Gasteiger partial charge on any atom is -0.389 e. The van der Waals surface area contributed by atoms with Crippen LogP contribution in [0.25, 0.3) is 0 Å². The minimum atomic E-state index is -0.509. The van der Waals surface area contributed by atoms with Gasteiger partial charge in [0.2, 0.25) is 0 Å². The van der Waals surface area contributed by atoms with Crippen LogP contribution in [0.15, 0.2) is 12.2 Å². The largest absolute Gasteiger partial charge is 0.389 e. The first kappa shape index (κ1) is 7.72. The summed E-state index contributed by atoms with van der Waals surface area (Å²) in [6, 6.07) is -0.170. The monoisotopic (exact) mass is 143 g/mol. The predicted octanol–water partition coefficient (Wildman–Crippen LogP) is -0.349. The highest BCUT2D eigenvalue weighted by Gasteiger charge is 2.13. The Kier molecular flexibility index (Phi) is 2.86. The maximum atomic E-state index is 9.20. The molecule has 10 heavy (non-hydrogen) atoms. The van der Waals surface area contributed by atoms with Crippen LogP contribution in [0.3, 0.4) is 0 Å². The Hall–Kier alpha value is -0.380. The fourth-order valence-corrected chi connectivity index (χ4v) is 0.859. The number of aliphatic hydroxyl groups is 1. The molecule has 0 aromatic heterocycles. The highest BCUT2D eigenvalue weighted by atomic mass is 16.5. The van der Waals surface area contributed by atoms with Crippen LogP contribution >= 0.6 is 0 Å². The van der Waals surface area contributed by atoms with Gasteiger partial charge < -0.3 is 15.6 Å². The zero-order chi connectivity index (χ0) is 7.40. The van der Waals surface area contributed by atoms with E-state index in [1.165, 1.54) is 0 Å². The number of ether oxygens (including phenoxy) is 1. The molecule has 0 amide bonds. The lowest BCUT2D eigenvalue weighted by Gasteiger charge is -2.18. The van der Waals surface area contributed by atoms with Crippen molar-refractivity contribution in [2.75, 3.05) is 13.2 Å². The summed E-state index contributed by atoms with van der Waals surface area (Å²) in [6.07, 6.45) is 4.09. The van der Waals surface area contributed by atoms with Gasteiger partial charge in [0, 0.05) is 6.04 Å². The molecular formula is C7H13NO2. The second-order valence-corrected chi connectivity index (χ2v) is 2.48. The van der Waals surface area contributed by atoms with Gasteiger partial charge in [-0.1, -0.05) is 12.2 Å². The van der Waals surface area contributed by atoms with E-state index in [1.54, 1.807) is 0 Å². The molecule has 3 heteroatoms. The van der Waals surface area contributed by atoms with Crippen molar-refractivity contribution in [2.45, 2.75) is 18.6 Å². The summed E-state index contributed by atoms with van der Waals surface area (Å²) in [4.78, 5) is 0. The van der Waals surface area contributed by atoms with Crippen LogP contribution in [-0.2, 0) is 4.74 Å². The average Bonchev–Trinajstić information content (AvgIpc) is 1.92. The zero-order valence-electron chi connectivity index (χ0n) is 5.86. The summed E-state index contributed by atoms with van der Waals surface area (Å²) in [7, 11) is 0. The van der Waals surface area contributed by atoms with Gasteiger partial charge in [0.25, 0.3) is 0 Å². The normalized spacial score (nSPS) is 35.0. The molecule has 1 unspecified atom stereocenters. The van der Waals surface area contributed by atoms with E-state index in [-0.39, 0.29) is 6.04 Å². The summed E-state index contributed by atoms with van der Waals surface area (Å²) in [5.41, 5.74) is 5.57. The maximum Gasteiger partial charge on any atom is 0.0927 e. The molecule has 2 atom stereocenters. The lowest BCUT2D eigenvalue weighted by Crippen LogP contribution is -2.38. The van der Waals surface area contributed by atoms with Crippen LogP contribution < -0.4 is 5.73 Å². The van der Waals surface area contributed by atoms with E-state index < -0.39 is 6.10 Å². The standard InChI is InChI=1S/C7H13NO2/c8-6-3-1-2-4-10-5-7(6)9/h1-2,6-7,9H,3-5,8H2/t6?,7-/m1/s1. The molecule has 0 saturated heterocycles. The maximum absolute atomic E-state index is 9.20. The third-order valence-electron chi connectivity index (χ3n) is 1.57. The van der Waals surface area contributed by atoms with Gasteiger partial charge in [-0.15, -0.1) is 0 Å². The van der Waals surface area contributed by atoms with Crippen LogP contribution in [0.1, 0.15) is 6.42 Å². The van der Waals surface area contributed by atoms with Gasteiger partial charge >= 0.3 is 0 Å². The van der Waals surface area contributed by atoms with Crippen LogP contribution in [0, 0.1) is 0 Å².